The molecule has 1 heterocycles. The van der Waals surface area contributed by atoms with Gasteiger partial charge in [-0.2, -0.15) is 0 Å². The van der Waals surface area contributed by atoms with Crippen LogP contribution in [0.15, 0.2) is 24.3 Å². The summed E-state index contributed by atoms with van der Waals surface area (Å²) in [5.41, 5.74) is 0.682. The van der Waals surface area contributed by atoms with E-state index in [0.29, 0.717) is 24.5 Å². The zero-order valence-corrected chi connectivity index (χ0v) is 11.9. The monoisotopic (exact) mass is 278 g/mol. The first-order chi connectivity index (χ1) is 9.81. The fourth-order valence-corrected chi connectivity index (χ4v) is 2.19. The predicted molar refractivity (Wildman–Crippen MR) is 77.2 cm³/mol. The van der Waals surface area contributed by atoms with Crippen LogP contribution in [0.5, 0.6) is 5.75 Å². The van der Waals surface area contributed by atoms with Crippen molar-refractivity contribution in [2.45, 2.75) is 6.42 Å². The quantitative estimate of drug-likeness (QED) is 0.821. The maximum absolute atomic E-state index is 12.5. The third kappa shape index (κ3) is 4.21. The lowest BCUT2D eigenvalue weighted by Gasteiger charge is -2.20. The summed E-state index contributed by atoms with van der Waals surface area (Å²) >= 11 is 0. The molecule has 0 aliphatic carbocycles. The van der Waals surface area contributed by atoms with Gasteiger partial charge < -0.3 is 19.7 Å². The Hall–Kier alpha value is -1.59. The molecule has 0 unspecified atom stereocenters. The van der Waals surface area contributed by atoms with Crippen molar-refractivity contribution in [2.75, 3.05) is 46.5 Å². The minimum atomic E-state index is 0.0749. The molecule has 2 rings (SSSR count). The topological polar surface area (TPSA) is 50.8 Å². The zero-order valence-electron chi connectivity index (χ0n) is 11.9. The van der Waals surface area contributed by atoms with Crippen molar-refractivity contribution in [3.8, 4) is 5.75 Å². The van der Waals surface area contributed by atoms with Crippen LogP contribution < -0.4 is 10.1 Å². The molecule has 110 valence electrons. The molecule has 0 bridgehead atoms. The van der Waals surface area contributed by atoms with Gasteiger partial charge in [-0.05, 0) is 31.2 Å². The maximum atomic E-state index is 12.5. The highest BCUT2D eigenvalue weighted by molar-refractivity contribution is 5.94. The maximum Gasteiger partial charge on any atom is 0.254 e. The Morgan fingerprint density at radius 3 is 3.05 bits per heavy atom. The van der Waals surface area contributed by atoms with Crippen molar-refractivity contribution < 1.29 is 14.3 Å². The normalized spacial score (nSPS) is 15.8. The zero-order chi connectivity index (χ0) is 14.2. The molecular weight excluding hydrogens is 256 g/mol. The van der Waals surface area contributed by atoms with E-state index in [-0.39, 0.29) is 5.91 Å². The number of amides is 1. The van der Waals surface area contributed by atoms with Crippen molar-refractivity contribution >= 4 is 5.91 Å². The van der Waals surface area contributed by atoms with Gasteiger partial charge in [-0.15, -0.1) is 0 Å². The second-order valence-corrected chi connectivity index (χ2v) is 4.76. The summed E-state index contributed by atoms with van der Waals surface area (Å²) in [6.45, 7) is 4.42. The number of carbonyl (C=O) groups excluding carboxylic acids is 1. The highest BCUT2D eigenvalue weighted by atomic mass is 16.5. The van der Waals surface area contributed by atoms with Gasteiger partial charge in [0.15, 0.2) is 0 Å². The molecule has 1 aliphatic rings. The van der Waals surface area contributed by atoms with Crippen LogP contribution in [-0.4, -0.2) is 57.3 Å². The van der Waals surface area contributed by atoms with E-state index in [0.717, 1.165) is 32.6 Å². The lowest BCUT2D eigenvalue weighted by Crippen LogP contribution is -2.34. The van der Waals surface area contributed by atoms with Gasteiger partial charge in [0.25, 0.3) is 5.91 Å². The highest BCUT2D eigenvalue weighted by Crippen LogP contribution is 2.15. The van der Waals surface area contributed by atoms with E-state index < -0.39 is 0 Å². The smallest absolute Gasteiger partial charge is 0.254 e. The lowest BCUT2D eigenvalue weighted by molar-refractivity contribution is 0.0765. The molecular formula is C15H22N2O3. The van der Waals surface area contributed by atoms with Crippen LogP contribution in [-0.2, 0) is 4.74 Å². The van der Waals surface area contributed by atoms with Gasteiger partial charge in [-0.1, -0.05) is 6.07 Å². The summed E-state index contributed by atoms with van der Waals surface area (Å²) in [4.78, 5) is 14.3. The van der Waals surface area contributed by atoms with E-state index in [1.807, 2.05) is 23.1 Å². The summed E-state index contributed by atoms with van der Waals surface area (Å²) in [7, 11) is 1.64. The molecule has 5 nitrogen and oxygen atoms in total. The van der Waals surface area contributed by atoms with Gasteiger partial charge >= 0.3 is 0 Å². The number of hydrogen-bond acceptors (Lipinski definition) is 4. The van der Waals surface area contributed by atoms with Crippen LogP contribution in [0.2, 0.25) is 0 Å². The number of carbonyl (C=O) groups is 1. The van der Waals surface area contributed by atoms with Crippen LogP contribution >= 0.6 is 0 Å². The number of rotatable bonds is 5. The molecule has 0 saturated carbocycles. The fourth-order valence-electron chi connectivity index (χ4n) is 2.19. The average Bonchev–Trinajstić information content (AvgIpc) is 2.76. The van der Waals surface area contributed by atoms with Crippen LogP contribution in [0, 0.1) is 0 Å². The van der Waals surface area contributed by atoms with Crippen LogP contribution in [0.4, 0.5) is 0 Å². The van der Waals surface area contributed by atoms with Gasteiger partial charge in [0.1, 0.15) is 12.4 Å². The third-order valence-electron chi connectivity index (χ3n) is 3.26. The van der Waals surface area contributed by atoms with Gasteiger partial charge in [-0.3, -0.25) is 4.79 Å². The first-order valence-electron chi connectivity index (χ1n) is 7.03. The molecule has 1 aliphatic heterocycles. The van der Waals surface area contributed by atoms with E-state index in [2.05, 4.69) is 5.32 Å². The van der Waals surface area contributed by atoms with Crippen molar-refractivity contribution in [3.63, 3.8) is 0 Å². The van der Waals surface area contributed by atoms with E-state index >= 15 is 0 Å². The number of benzene rings is 1. The summed E-state index contributed by atoms with van der Waals surface area (Å²) in [6.07, 6.45) is 0.996. The number of nitrogens with one attached hydrogen (secondary N) is 1. The minimum Gasteiger partial charge on any atom is -0.491 e. The first kappa shape index (κ1) is 14.8. The Labute approximate surface area is 119 Å². The molecule has 0 atom stereocenters. The van der Waals surface area contributed by atoms with Gasteiger partial charge in [0.05, 0.1) is 6.61 Å². The van der Waals surface area contributed by atoms with E-state index in [4.69, 9.17) is 9.47 Å². The summed E-state index contributed by atoms with van der Waals surface area (Å²) in [6, 6.07) is 7.35. The summed E-state index contributed by atoms with van der Waals surface area (Å²) in [5.74, 6) is 0.784. The van der Waals surface area contributed by atoms with Crippen molar-refractivity contribution in [3.05, 3.63) is 29.8 Å². The van der Waals surface area contributed by atoms with Crippen LogP contribution in [0.3, 0.4) is 0 Å². The molecule has 5 heteroatoms. The van der Waals surface area contributed by atoms with Gasteiger partial charge in [0, 0.05) is 32.3 Å². The molecule has 0 radical (unpaired) electrons. The highest BCUT2D eigenvalue weighted by Gasteiger charge is 2.17. The van der Waals surface area contributed by atoms with Crippen molar-refractivity contribution in [1.82, 2.24) is 10.2 Å². The van der Waals surface area contributed by atoms with Crippen LogP contribution in [0.25, 0.3) is 0 Å². The van der Waals surface area contributed by atoms with Gasteiger partial charge in [-0.25, -0.2) is 0 Å². The Kier molecular flexibility index (Phi) is 5.83. The molecule has 1 aromatic carbocycles. The molecule has 1 fully saturated rings. The Morgan fingerprint density at radius 2 is 2.20 bits per heavy atom. The van der Waals surface area contributed by atoms with Gasteiger partial charge in [0.2, 0.25) is 0 Å². The summed E-state index contributed by atoms with van der Waals surface area (Å²) < 4.78 is 10.5. The first-order valence-corrected chi connectivity index (χ1v) is 7.03. The van der Waals surface area contributed by atoms with E-state index in [1.165, 1.54) is 0 Å². The van der Waals surface area contributed by atoms with E-state index in [1.54, 1.807) is 13.2 Å². The molecule has 1 N–H and O–H groups in total. The minimum absolute atomic E-state index is 0.0749. The Morgan fingerprint density at radius 1 is 1.30 bits per heavy atom. The molecule has 0 aromatic heterocycles. The summed E-state index contributed by atoms with van der Waals surface area (Å²) in [5, 5.41) is 3.30. The van der Waals surface area contributed by atoms with E-state index in [9.17, 15) is 4.79 Å². The fraction of sp³-hybridized carbons (Fsp3) is 0.533. The van der Waals surface area contributed by atoms with Crippen molar-refractivity contribution in [2.24, 2.45) is 0 Å². The number of nitrogens with zero attached hydrogens (tertiary/aromatic N) is 1. The lowest BCUT2D eigenvalue weighted by atomic mass is 10.2. The third-order valence-corrected chi connectivity index (χ3v) is 3.26. The molecule has 1 saturated heterocycles. The second-order valence-electron chi connectivity index (χ2n) is 4.76. The Balaban J connectivity index is 1.99. The predicted octanol–water partition coefficient (Wildman–Crippen LogP) is 1.15. The second kappa shape index (κ2) is 7.87. The SMILES string of the molecule is COCCOc1cccc(C(=O)N2CCCNCC2)c1. The molecule has 20 heavy (non-hydrogen) atoms. The number of hydrogen-bond donors (Lipinski definition) is 1. The number of methoxy groups -OCH3 is 1. The average molecular weight is 278 g/mol. The van der Waals surface area contributed by atoms with Crippen LogP contribution in [0.1, 0.15) is 16.8 Å². The largest absolute Gasteiger partial charge is 0.491 e. The molecule has 1 amide bonds. The Bertz CT molecular complexity index is 429. The molecule has 1 aromatic rings. The van der Waals surface area contributed by atoms with Crippen molar-refractivity contribution in [1.29, 1.82) is 0 Å². The standard InChI is InChI=1S/C15H22N2O3/c1-19-10-11-20-14-5-2-4-13(12-14)15(18)17-8-3-6-16-7-9-17/h2,4-5,12,16H,3,6-11H2,1H3. The molecule has 0 spiro atoms. The number of ether oxygens (including phenoxy) is 2.